The van der Waals surface area contributed by atoms with Crippen LogP contribution >= 0.6 is 0 Å². The fraction of sp³-hybridized carbons (Fsp3) is 0.0244. The van der Waals surface area contributed by atoms with Crippen molar-refractivity contribution in [2.45, 2.75) is 6.92 Å². The van der Waals surface area contributed by atoms with Crippen molar-refractivity contribution in [3.05, 3.63) is 159 Å². The Morgan fingerprint density at radius 2 is 1.53 bits per heavy atom. The summed E-state index contributed by atoms with van der Waals surface area (Å²) in [6.07, 6.45) is 17.7. The van der Waals surface area contributed by atoms with E-state index in [-0.39, 0.29) is 0 Å². The van der Waals surface area contributed by atoms with Crippen molar-refractivity contribution in [2.24, 2.45) is 0 Å². The lowest BCUT2D eigenvalue weighted by Gasteiger charge is -2.13. The number of allylic oxidation sites excluding steroid dienone is 5. The molecule has 0 bridgehead atoms. The second kappa shape index (κ2) is 11.6. The van der Waals surface area contributed by atoms with Crippen LogP contribution < -0.4 is 0 Å². The minimum absolute atomic E-state index is 0.695. The second-order valence-corrected chi connectivity index (χ2v) is 10.9. The molecule has 0 aliphatic heterocycles. The average molecular weight is 581 g/mol. The van der Waals surface area contributed by atoms with Crippen molar-refractivity contribution in [3.63, 3.8) is 0 Å². The lowest BCUT2D eigenvalue weighted by molar-refractivity contribution is 1.11. The highest BCUT2D eigenvalue weighted by atomic mass is 15.0. The van der Waals surface area contributed by atoms with Gasteiger partial charge in [0.15, 0.2) is 5.82 Å². The van der Waals surface area contributed by atoms with Crippen molar-refractivity contribution in [1.82, 2.24) is 19.1 Å². The zero-order valence-corrected chi connectivity index (χ0v) is 25.2. The first-order valence-corrected chi connectivity index (χ1v) is 15.0. The van der Waals surface area contributed by atoms with Crippen molar-refractivity contribution in [1.29, 1.82) is 0 Å². The van der Waals surface area contributed by atoms with Crippen molar-refractivity contribution in [3.8, 4) is 28.2 Å². The maximum absolute atomic E-state index is 4.68. The van der Waals surface area contributed by atoms with Crippen LogP contribution in [-0.2, 0) is 0 Å². The molecule has 216 valence electrons. The van der Waals surface area contributed by atoms with Gasteiger partial charge in [0.2, 0.25) is 0 Å². The first kappa shape index (κ1) is 27.8. The fourth-order valence-corrected chi connectivity index (χ4v) is 6.19. The van der Waals surface area contributed by atoms with E-state index in [1.54, 1.807) is 6.08 Å². The van der Waals surface area contributed by atoms with Gasteiger partial charge in [0, 0.05) is 62.8 Å². The van der Waals surface area contributed by atoms with Crippen LogP contribution in [0.15, 0.2) is 148 Å². The summed E-state index contributed by atoms with van der Waals surface area (Å²) in [6.45, 7) is 14.1. The molecule has 0 atom stereocenters. The highest BCUT2D eigenvalue weighted by Gasteiger charge is 2.19. The molecule has 0 aliphatic carbocycles. The minimum atomic E-state index is 0.695. The number of rotatable bonds is 8. The highest BCUT2D eigenvalue weighted by molar-refractivity contribution is 6.14. The van der Waals surface area contributed by atoms with Crippen molar-refractivity contribution >= 4 is 50.4 Å². The maximum Gasteiger partial charge on any atom is 0.159 e. The van der Waals surface area contributed by atoms with Gasteiger partial charge in [0.1, 0.15) is 0 Å². The summed E-state index contributed by atoms with van der Waals surface area (Å²) in [5.74, 6) is 0.695. The zero-order valence-electron chi connectivity index (χ0n) is 25.2. The van der Waals surface area contributed by atoms with Gasteiger partial charge in [-0.15, -0.1) is 0 Å². The third-order valence-electron chi connectivity index (χ3n) is 8.28. The molecule has 0 unspecified atom stereocenters. The minimum Gasteiger partial charge on any atom is -0.317 e. The Kier molecular flexibility index (Phi) is 7.16. The second-order valence-electron chi connectivity index (χ2n) is 10.9. The van der Waals surface area contributed by atoms with Crippen molar-refractivity contribution in [2.75, 3.05) is 0 Å². The monoisotopic (exact) mass is 580 g/mol. The summed E-state index contributed by atoms with van der Waals surface area (Å²) >= 11 is 0. The van der Waals surface area contributed by atoms with Crippen LogP contribution in [-0.4, -0.2) is 19.1 Å². The number of fused-ring (bicyclic) bond motifs is 4. The molecule has 45 heavy (non-hydrogen) atoms. The summed E-state index contributed by atoms with van der Waals surface area (Å²) in [7, 11) is 0. The van der Waals surface area contributed by atoms with Crippen LogP contribution in [0.4, 0.5) is 0 Å². The Labute approximate surface area is 262 Å². The van der Waals surface area contributed by atoms with Crippen LogP contribution in [0.25, 0.3) is 78.6 Å². The molecule has 0 fully saturated rings. The molecule has 4 heteroatoms. The van der Waals surface area contributed by atoms with Gasteiger partial charge in [0.05, 0.1) is 16.7 Å². The number of nitrogens with zero attached hydrogens (tertiary/aromatic N) is 4. The molecule has 0 saturated carbocycles. The van der Waals surface area contributed by atoms with E-state index in [9.17, 15) is 0 Å². The zero-order chi connectivity index (χ0) is 30.9. The first-order valence-electron chi connectivity index (χ1n) is 15.0. The average Bonchev–Trinajstić information content (AvgIpc) is 3.65. The Morgan fingerprint density at radius 1 is 0.756 bits per heavy atom. The summed E-state index contributed by atoms with van der Waals surface area (Å²) in [5, 5.41) is 4.64. The summed E-state index contributed by atoms with van der Waals surface area (Å²) in [4.78, 5) is 9.37. The molecule has 4 nitrogen and oxygen atoms in total. The third-order valence-corrected chi connectivity index (χ3v) is 8.28. The molecule has 0 saturated heterocycles. The van der Waals surface area contributed by atoms with E-state index in [1.165, 1.54) is 5.39 Å². The van der Waals surface area contributed by atoms with Crippen LogP contribution in [0.1, 0.15) is 18.2 Å². The first-order chi connectivity index (χ1) is 22.1. The molecular weight excluding hydrogens is 548 g/mol. The summed E-state index contributed by atoms with van der Waals surface area (Å²) in [6, 6.07) is 29.8. The van der Waals surface area contributed by atoms with Gasteiger partial charge < -0.3 is 9.13 Å². The molecule has 0 aliphatic rings. The van der Waals surface area contributed by atoms with Gasteiger partial charge in [-0.3, -0.25) is 0 Å². The van der Waals surface area contributed by atoms with Gasteiger partial charge in [-0.25, -0.2) is 9.97 Å². The predicted molar refractivity (Wildman–Crippen MR) is 192 cm³/mol. The van der Waals surface area contributed by atoms with Crippen LogP contribution in [0, 0.1) is 0 Å². The van der Waals surface area contributed by atoms with E-state index < -0.39 is 0 Å². The van der Waals surface area contributed by atoms with Gasteiger partial charge in [-0.05, 0) is 78.6 Å². The molecule has 4 aromatic carbocycles. The van der Waals surface area contributed by atoms with Gasteiger partial charge in [-0.2, -0.15) is 0 Å². The number of benzene rings is 4. The maximum atomic E-state index is 4.68. The largest absolute Gasteiger partial charge is 0.317 e. The lowest BCUT2D eigenvalue weighted by atomic mass is 10.0. The normalized spacial score (nSPS) is 12.0. The Bertz CT molecular complexity index is 2290. The lowest BCUT2D eigenvalue weighted by Crippen LogP contribution is -1.98. The Morgan fingerprint density at radius 3 is 2.22 bits per heavy atom. The number of hydrogen-bond acceptors (Lipinski definition) is 2. The van der Waals surface area contributed by atoms with Gasteiger partial charge in [-0.1, -0.05) is 80.4 Å². The quantitative estimate of drug-likeness (QED) is 0.168. The van der Waals surface area contributed by atoms with E-state index >= 15 is 0 Å². The third kappa shape index (κ3) is 4.73. The highest BCUT2D eigenvalue weighted by Crippen LogP contribution is 2.38. The predicted octanol–water partition coefficient (Wildman–Crippen LogP) is 10.8. The van der Waals surface area contributed by atoms with Crippen molar-refractivity contribution < 1.29 is 0 Å². The van der Waals surface area contributed by atoms with E-state index in [2.05, 4.69) is 124 Å². The Hall–Kier alpha value is -6.00. The molecule has 7 rings (SSSR count). The summed E-state index contributed by atoms with van der Waals surface area (Å²) in [5.41, 5.74) is 9.55. The Balaban J connectivity index is 1.39. The summed E-state index contributed by atoms with van der Waals surface area (Å²) < 4.78 is 4.49. The van der Waals surface area contributed by atoms with E-state index in [0.29, 0.717) is 5.82 Å². The molecule has 3 aromatic heterocycles. The SMILES string of the molecule is C=C/C=C(\C=C)n1ccc2cc3c(ccc4c(C=C)c(/C=C\C)n(-c5ccc(-c6ncc(-c7ccccc7)cn6)cc5)c43)cc21. The molecular formula is C41H32N4. The molecule has 0 radical (unpaired) electrons. The standard InChI is InChI=1S/C41H32N4/c1-5-12-33(7-3)44-23-22-31-24-37-30(25-39(31)44)18-21-36-35(8-4)38(13-6-2)45(40(36)37)34-19-16-29(17-20-34)41-42-26-32(27-43-41)28-14-10-9-11-15-28/h5-27H,1,3-4H2,2H3/b13-6-,33-12+. The number of hydrogen-bond donors (Lipinski definition) is 0. The van der Waals surface area contributed by atoms with Crippen LogP contribution in [0.2, 0.25) is 0 Å². The van der Waals surface area contributed by atoms with E-state index in [1.807, 2.05) is 55.7 Å². The topological polar surface area (TPSA) is 35.6 Å². The molecule has 3 heterocycles. The smallest absolute Gasteiger partial charge is 0.159 e. The van der Waals surface area contributed by atoms with Gasteiger partial charge >= 0.3 is 0 Å². The molecule has 7 aromatic rings. The van der Waals surface area contributed by atoms with Crippen LogP contribution in [0.5, 0.6) is 0 Å². The molecule has 0 amide bonds. The molecule has 0 N–H and O–H groups in total. The molecule has 0 spiro atoms. The number of aromatic nitrogens is 4. The van der Waals surface area contributed by atoms with Gasteiger partial charge in [0.25, 0.3) is 0 Å². The van der Waals surface area contributed by atoms with E-state index in [0.717, 1.165) is 66.5 Å². The van der Waals surface area contributed by atoms with E-state index in [4.69, 9.17) is 0 Å². The van der Waals surface area contributed by atoms with Crippen LogP contribution in [0.3, 0.4) is 0 Å². The fourth-order valence-electron chi connectivity index (χ4n) is 6.19.